The van der Waals surface area contributed by atoms with Crippen LogP contribution in [0.2, 0.25) is 18.6 Å². The summed E-state index contributed by atoms with van der Waals surface area (Å²) < 4.78 is 14.4. The second-order valence-electron chi connectivity index (χ2n) is 11.6. The number of hydrogen-bond acceptors (Lipinski definition) is 7. The van der Waals surface area contributed by atoms with Gasteiger partial charge in [0.1, 0.15) is 11.9 Å². The fourth-order valence-corrected chi connectivity index (χ4v) is 8.29. The molecule has 5 atom stereocenters. The Balaban J connectivity index is 1.35. The number of methoxy groups -OCH3 is 1. The Labute approximate surface area is 236 Å². The zero-order valence-electron chi connectivity index (χ0n) is 23.7. The van der Waals surface area contributed by atoms with Gasteiger partial charge < -0.3 is 24.3 Å². The fraction of sp³-hybridized carbons (Fsp3) is 0.500. The second kappa shape index (κ2) is 11.8. The minimum absolute atomic E-state index is 0.0193. The lowest BCUT2D eigenvalue weighted by atomic mass is 9.86. The van der Waals surface area contributed by atoms with E-state index in [0.29, 0.717) is 25.1 Å². The van der Waals surface area contributed by atoms with Crippen molar-refractivity contribution in [2.45, 2.75) is 69.5 Å². The average Bonchev–Trinajstić information content (AvgIpc) is 3.58. The van der Waals surface area contributed by atoms with Crippen molar-refractivity contribution in [3.63, 3.8) is 0 Å². The van der Waals surface area contributed by atoms with Crippen LogP contribution in [0.3, 0.4) is 0 Å². The normalized spacial score (nSPS) is 22.6. The maximum absolute atomic E-state index is 12.3. The van der Waals surface area contributed by atoms with Crippen LogP contribution < -0.4 is 9.64 Å². The Kier molecular flexibility index (Phi) is 8.41. The number of carbonyl (C=O) groups is 1. The quantitative estimate of drug-likeness (QED) is 0.354. The first-order chi connectivity index (χ1) is 19.2. The van der Waals surface area contributed by atoms with Gasteiger partial charge in [0.05, 0.1) is 24.3 Å². The largest absolute Gasteiger partial charge is 0.490 e. The molecule has 2 aliphatic rings. The molecule has 0 saturated carbocycles. The molecule has 40 heavy (non-hydrogen) atoms. The number of nitrogens with zero attached hydrogens (tertiary/aromatic N) is 4. The van der Waals surface area contributed by atoms with Crippen LogP contribution >= 0.6 is 0 Å². The molecule has 1 fully saturated rings. The number of anilines is 1. The highest BCUT2D eigenvalue weighted by atomic mass is 28.4. The molecule has 2 N–H and O–H groups in total. The predicted octanol–water partition coefficient (Wildman–Crippen LogP) is 4.27. The zero-order chi connectivity index (χ0) is 28.4. The van der Waals surface area contributed by atoms with E-state index in [1.165, 1.54) is 0 Å². The molecule has 9 nitrogen and oxygen atoms in total. The van der Waals surface area contributed by atoms with Gasteiger partial charge in [-0.15, -0.1) is 5.10 Å². The second-order valence-corrected chi connectivity index (χ2v) is 15.6. The first-order valence-corrected chi connectivity index (χ1v) is 17.2. The van der Waals surface area contributed by atoms with Gasteiger partial charge in [0.2, 0.25) is 5.91 Å². The topological polar surface area (TPSA) is 110 Å². The van der Waals surface area contributed by atoms with Gasteiger partial charge in [-0.3, -0.25) is 9.48 Å². The van der Waals surface area contributed by atoms with Gasteiger partial charge in [0, 0.05) is 55.5 Å². The van der Waals surface area contributed by atoms with E-state index in [9.17, 15) is 14.7 Å². The molecular formula is C30H40N4O5Si. The van der Waals surface area contributed by atoms with Crippen LogP contribution in [-0.2, 0) is 16.1 Å². The number of ether oxygens (including phenoxy) is 2. The van der Waals surface area contributed by atoms with Crippen LogP contribution in [0.4, 0.5) is 5.69 Å². The van der Waals surface area contributed by atoms with Crippen molar-refractivity contribution in [3.8, 4) is 5.75 Å². The van der Waals surface area contributed by atoms with Crippen LogP contribution in [-0.4, -0.2) is 65.5 Å². The number of fused-ring (bicyclic) bond motifs is 1. The van der Waals surface area contributed by atoms with Crippen LogP contribution in [0, 0.1) is 5.92 Å². The van der Waals surface area contributed by atoms with E-state index in [-0.39, 0.29) is 42.1 Å². The summed E-state index contributed by atoms with van der Waals surface area (Å²) in [6, 6.07) is 15.7. The molecule has 2 aromatic carbocycles. The van der Waals surface area contributed by atoms with E-state index in [2.05, 4.69) is 17.2 Å². The average molecular weight is 565 g/mol. The Bertz CT molecular complexity index is 1310. The van der Waals surface area contributed by atoms with Crippen molar-refractivity contribution < 1.29 is 24.2 Å². The van der Waals surface area contributed by atoms with Gasteiger partial charge in [-0.05, 0) is 49.7 Å². The number of carbonyl (C=O) groups excluding carboxylic acids is 1. The molecule has 0 spiro atoms. The Morgan fingerprint density at radius 2 is 1.98 bits per heavy atom. The molecule has 3 heterocycles. The lowest BCUT2D eigenvalue weighted by molar-refractivity contribution is -0.117. The third-order valence-electron chi connectivity index (χ3n) is 8.47. The van der Waals surface area contributed by atoms with Gasteiger partial charge in [-0.1, -0.05) is 42.5 Å². The Morgan fingerprint density at radius 3 is 2.62 bits per heavy atom. The molecule has 1 amide bonds. The monoisotopic (exact) mass is 564 g/mol. The van der Waals surface area contributed by atoms with E-state index in [0.717, 1.165) is 35.5 Å². The van der Waals surface area contributed by atoms with Crippen LogP contribution in [0.1, 0.15) is 55.0 Å². The lowest BCUT2D eigenvalue weighted by Gasteiger charge is -2.44. The summed E-state index contributed by atoms with van der Waals surface area (Å²) in [6.07, 6.45) is 3.53. The van der Waals surface area contributed by atoms with Crippen molar-refractivity contribution in [1.82, 2.24) is 15.0 Å². The lowest BCUT2D eigenvalue weighted by Crippen LogP contribution is -2.48. The van der Waals surface area contributed by atoms with Crippen molar-refractivity contribution in [3.05, 3.63) is 71.5 Å². The summed E-state index contributed by atoms with van der Waals surface area (Å²) in [7, 11) is -0.977. The summed E-state index contributed by atoms with van der Waals surface area (Å²) in [5.41, 5.74) is 3.43. The van der Waals surface area contributed by atoms with Crippen LogP contribution in [0.25, 0.3) is 0 Å². The highest BCUT2D eigenvalue weighted by Crippen LogP contribution is 2.47. The van der Waals surface area contributed by atoms with Gasteiger partial charge >= 0.3 is 0 Å². The van der Waals surface area contributed by atoms with E-state index < -0.39 is 8.32 Å². The molecule has 214 valence electrons. The summed E-state index contributed by atoms with van der Waals surface area (Å²) in [4.78, 5) is 25.6. The number of aliphatic hydroxyl groups is 1. The first kappa shape index (κ1) is 28.5. The van der Waals surface area contributed by atoms with Crippen LogP contribution in [0.5, 0.6) is 5.75 Å². The summed E-state index contributed by atoms with van der Waals surface area (Å²) in [5.74, 6) is 0.630. The summed E-state index contributed by atoms with van der Waals surface area (Å²) >= 11 is 0. The molecule has 1 saturated heterocycles. The Morgan fingerprint density at radius 1 is 1.20 bits per heavy atom. The van der Waals surface area contributed by atoms with E-state index in [1.807, 2.05) is 72.7 Å². The molecular weight excluding hydrogens is 524 g/mol. The minimum atomic E-state index is -2.68. The van der Waals surface area contributed by atoms with E-state index in [1.54, 1.807) is 11.8 Å². The van der Waals surface area contributed by atoms with Crippen molar-refractivity contribution in [2.75, 3.05) is 25.2 Å². The van der Waals surface area contributed by atoms with Gasteiger partial charge in [-0.2, -0.15) is 0 Å². The van der Waals surface area contributed by atoms with Gasteiger partial charge in [0.25, 0.3) is 0 Å². The summed E-state index contributed by atoms with van der Waals surface area (Å²) in [6.45, 7) is 7.26. The number of aryl methyl sites for hydroxylation is 1. The maximum atomic E-state index is 12.3. The highest BCUT2D eigenvalue weighted by Gasteiger charge is 2.46. The molecule has 0 bridgehead atoms. The smallest absolute Gasteiger partial charge is 0.227 e. The molecule has 3 aromatic rings. The zero-order valence-corrected chi connectivity index (χ0v) is 24.7. The SMILES string of the molecule is CO[C@@H]1c2cc(N3CCCC3=O)ccc2O[C@H](C(CCn2cc(C(CO)c3ccccc3)nn2)[Si](C)(C)O)[C@H]1C. The van der Waals surface area contributed by atoms with Gasteiger partial charge in [0.15, 0.2) is 8.32 Å². The summed E-state index contributed by atoms with van der Waals surface area (Å²) in [5, 5.41) is 18.7. The number of amides is 1. The first-order valence-electron chi connectivity index (χ1n) is 14.1. The number of aromatic nitrogens is 3. The number of hydrogen-bond donors (Lipinski definition) is 2. The predicted molar refractivity (Wildman–Crippen MR) is 155 cm³/mol. The van der Waals surface area contributed by atoms with Crippen molar-refractivity contribution in [2.24, 2.45) is 5.92 Å². The van der Waals surface area contributed by atoms with Crippen LogP contribution in [0.15, 0.2) is 54.7 Å². The third-order valence-corrected chi connectivity index (χ3v) is 10.9. The molecule has 2 unspecified atom stereocenters. The van der Waals surface area contributed by atoms with Gasteiger partial charge in [-0.25, -0.2) is 0 Å². The highest BCUT2D eigenvalue weighted by molar-refractivity contribution is 6.71. The van der Waals surface area contributed by atoms with Crippen molar-refractivity contribution >= 4 is 19.9 Å². The minimum Gasteiger partial charge on any atom is -0.490 e. The fourth-order valence-electron chi connectivity index (χ4n) is 6.28. The van der Waals surface area contributed by atoms with E-state index in [4.69, 9.17) is 9.47 Å². The molecule has 0 aliphatic carbocycles. The van der Waals surface area contributed by atoms with Crippen molar-refractivity contribution in [1.29, 1.82) is 0 Å². The third kappa shape index (κ3) is 5.71. The molecule has 2 aliphatic heterocycles. The number of aliphatic hydroxyl groups excluding tert-OH is 1. The number of benzene rings is 2. The Hall–Kier alpha value is -3.05. The van der Waals surface area contributed by atoms with E-state index >= 15 is 0 Å². The standard InChI is InChI=1S/C30H40N4O5Si/c1-20-29(38-2)23-17-22(34-15-8-11-28(34)36)12-13-26(23)39-30(20)27(40(3,4)37)14-16-33-18-25(31-32-33)24(19-35)21-9-6-5-7-10-21/h5-7,9-10,12-13,17-18,20,24,27,29-30,35,37H,8,11,14-16,19H2,1-4H3/t20-,24?,27?,29-,30-/m0/s1. The maximum Gasteiger partial charge on any atom is 0.227 e. The number of rotatable bonds is 10. The molecule has 5 rings (SSSR count). The molecule has 0 radical (unpaired) electrons. The molecule has 10 heteroatoms. The molecule has 1 aromatic heterocycles.